The van der Waals surface area contributed by atoms with E-state index in [9.17, 15) is 9.59 Å². The molecule has 0 saturated heterocycles. The summed E-state index contributed by atoms with van der Waals surface area (Å²) >= 11 is 4.74. The fourth-order valence-corrected chi connectivity index (χ4v) is 1.42. The van der Waals surface area contributed by atoms with Crippen molar-refractivity contribution in [2.24, 2.45) is 5.73 Å². The lowest BCUT2D eigenvalue weighted by Crippen LogP contribution is -2.03. The molecule has 0 aliphatic heterocycles. The largest absolute Gasteiger partial charge is 0.464 e. The first-order chi connectivity index (χ1) is 8.58. The molecule has 2 N–H and O–H groups in total. The molecule has 5 heteroatoms. The van der Waals surface area contributed by atoms with Gasteiger partial charge in [0.05, 0.1) is 6.26 Å². The van der Waals surface area contributed by atoms with Crippen LogP contribution in [0.5, 0.6) is 0 Å². The average molecular weight is 268 g/mol. The monoisotopic (exact) mass is 267 g/mol. The Labute approximate surface area is 110 Å². The van der Waals surface area contributed by atoms with Gasteiger partial charge in [-0.05, 0) is 35.4 Å². The molecule has 0 fully saturated rings. The van der Waals surface area contributed by atoms with Crippen molar-refractivity contribution in [3.05, 3.63) is 36.1 Å². The van der Waals surface area contributed by atoms with Crippen LogP contribution in [0.25, 0.3) is 11.0 Å². The quantitative estimate of drug-likeness (QED) is 0.685. The smallest absolute Gasteiger partial charge is 0.288 e. The summed E-state index contributed by atoms with van der Waals surface area (Å²) in [5, 5.41) is 0.246. The molecule has 0 atom stereocenters. The number of nitrogens with two attached hydrogens (primary N) is 1. The number of benzene rings is 1. The molecule has 96 valence electrons. The first-order valence-corrected chi connectivity index (χ1v) is 5.85. The summed E-state index contributed by atoms with van der Waals surface area (Å²) < 4.78 is 5.18. The van der Waals surface area contributed by atoms with Gasteiger partial charge in [-0.1, -0.05) is 13.0 Å². The van der Waals surface area contributed by atoms with Crippen LogP contribution in [0.15, 0.2) is 34.9 Å². The Morgan fingerprint density at radius 2 is 2.06 bits per heavy atom. The second kappa shape index (κ2) is 6.93. The number of hydrogen-bond acceptors (Lipinski definition) is 4. The van der Waals surface area contributed by atoms with Gasteiger partial charge in [0.25, 0.3) is 5.24 Å². The molecule has 0 saturated carbocycles. The van der Waals surface area contributed by atoms with Crippen molar-refractivity contribution < 1.29 is 14.0 Å². The van der Waals surface area contributed by atoms with E-state index in [1.54, 1.807) is 13.2 Å². The summed E-state index contributed by atoms with van der Waals surface area (Å²) in [6.45, 7) is 2.17. The van der Waals surface area contributed by atoms with Gasteiger partial charge in [0.1, 0.15) is 5.58 Å². The van der Waals surface area contributed by atoms with Crippen LogP contribution in [0.4, 0.5) is 0 Å². The zero-order chi connectivity index (χ0) is 13.5. The van der Waals surface area contributed by atoms with E-state index in [1.807, 2.05) is 24.3 Å². The molecule has 0 amide bonds. The van der Waals surface area contributed by atoms with Gasteiger partial charge in [-0.2, -0.15) is 0 Å². The van der Waals surface area contributed by atoms with Gasteiger partial charge in [0.15, 0.2) is 0 Å². The normalized spacial score (nSPS) is 9.72. The van der Waals surface area contributed by atoms with E-state index in [2.05, 4.69) is 0 Å². The Balaban J connectivity index is 0.000000203. The zero-order valence-corrected chi connectivity index (χ0v) is 10.7. The summed E-state index contributed by atoms with van der Waals surface area (Å²) in [4.78, 5) is 19.8. The number of carbonyl (C=O) groups excluding carboxylic acids is 2. The lowest BCUT2D eigenvalue weighted by atomic mass is 10.2. The van der Waals surface area contributed by atoms with Gasteiger partial charge in [-0.3, -0.25) is 9.59 Å². The van der Waals surface area contributed by atoms with Crippen molar-refractivity contribution in [3.63, 3.8) is 0 Å². The van der Waals surface area contributed by atoms with Crippen LogP contribution >= 0.6 is 11.6 Å². The van der Waals surface area contributed by atoms with E-state index in [1.165, 1.54) is 0 Å². The van der Waals surface area contributed by atoms with Crippen LogP contribution in [0.3, 0.4) is 0 Å². The predicted molar refractivity (Wildman–Crippen MR) is 70.3 cm³/mol. The van der Waals surface area contributed by atoms with Crippen molar-refractivity contribution in [3.8, 4) is 0 Å². The van der Waals surface area contributed by atoms with Gasteiger partial charge in [0, 0.05) is 18.4 Å². The molecule has 0 radical (unpaired) electrons. The van der Waals surface area contributed by atoms with Crippen LogP contribution in [0.1, 0.15) is 18.9 Å². The number of halogens is 1. The van der Waals surface area contributed by atoms with Crippen molar-refractivity contribution in [1.82, 2.24) is 0 Å². The van der Waals surface area contributed by atoms with Gasteiger partial charge in [0.2, 0.25) is 5.78 Å². The molecule has 0 spiro atoms. The minimum Gasteiger partial charge on any atom is -0.464 e. The van der Waals surface area contributed by atoms with E-state index in [0.717, 1.165) is 16.5 Å². The Morgan fingerprint density at radius 1 is 1.33 bits per heavy atom. The van der Waals surface area contributed by atoms with Crippen molar-refractivity contribution in [1.29, 1.82) is 0 Å². The topological polar surface area (TPSA) is 73.3 Å². The molecule has 0 unspecified atom stereocenters. The molecule has 0 bridgehead atoms. The molecule has 1 heterocycles. The maximum absolute atomic E-state index is 10.0. The summed E-state index contributed by atoms with van der Waals surface area (Å²) in [5.74, 6) is -0.526. The Kier molecular flexibility index (Phi) is 5.55. The first kappa shape index (κ1) is 14.4. The van der Waals surface area contributed by atoms with Gasteiger partial charge >= 0.3 is 0 Å². The number of Topliss-reactive ketones (excluding diaryl/α,β-unsaturated/α-hetero) is 1. The third-order valence-corrected chi connectivity index (χ3v) is 2.50. The maximum Gasteiger partial charge on any atom is 0.288 e. The molecular formula is C13H14ClNO3. The van der Waals surface area contributed by atoms with Crippen LogP contribution < -0.4 is 5.73 Å². The fourth-order valence-electron chi connectivity index (χ4n) is 1.28. The van der Waals surface area contributed by atoms with Gasteiger partial charge in [-0.25, -0.2) is 0 Å². The Morgan fingerprint density at radius 3 is 2.56 bits per heavy atom. The van der Waals surface area contributed by atoms with Crippen molar-refractivity contribution >= 4 is 33.6 Å². The van der Waals surface area contributed by atoms with E-state index < -0.39 is 11.0 Å². The highest BCUT2D eigenvalue weighted by Crippen LogP contribution is 2.16. The molecule has 1 aromatic heterocycles. The van der Waals surface area contributed by atoms with Crippen LogP contribution in [-0.2, 0) is 16.1 Å². The molecule has 2 aromatic rings. The zero-order valence-electron chi connectivity index (χ0n) is 9.98. The third kappa shape index (κ3) is 3.98. The maximum atomic E-state index is 10.0. The molecule has 2 rings (SSSR count). The SMILES string of the molecule is CCC(=O)C(=O)Cl.NCc1ccc2occc2c1. The second-order valence-electron chi connectivity index (χ2n) is 3.55. The summed E-state index contributed by atoms with van der Waals surface area (Å²) in [5.41, 5.74) is 7.54. The minimum absolute atomic E-state index is 0.197. The predicted octanol–water partition coefficient (Wildman–Crippen LogP) is 2.62. The molecule has 0 aliphatic carbocycles. The molecular weight excluding hydrogens is 254 g/mol. The lowest BCUT2D eigenvalue weighted by molar-refractivity contribution is -0.131. The van der Waals surface area contributed by atoms with Crippen LogP contribution in [-0.4, -0.2) is 11.0 Å². The Hall–Kier alpha value is -1.65. The third-order valence-electron chi connectivity index (χ3n) is 2.29. The van der Waals surface area contributed by atoms with Crippen molar-refractivity contribution in [2.75, 3.05) is 0 Å². The highest BCUT2D eigenvalue weighted by molar-refractivity contribution is 6.81. The molecule has 1 aromatic carbocycles. The standard InChI is InChI=1S/C9H9NO.C4H5ClO2/c10-6-7-1-2-9-8(5-7)3-4-11-9;1-2-3(6)4(5)7/h1-5H,6,10H2;2H2,1H3. The van der Waals surface area contributed by atoms with E-state index >= 15 is 0 Å². The number of carbonyl (C=O) groups is 2. The fraction of sp³-hybridized carbons (Fsp3) is 0.231. The van der Waals surface area contributed by atoms with Crippen LogP contribution in [0.2, 0.25) is 0 Å². The van der Waals surface area contributed by atoms with E-state index in [-0.39, 0.29) is 6.42 Å². The molecule has 18 heavy (non-hydrogen) atoms. The number of furan rings is 1. The first-order valence-electron chi connectivity index (χ1n) is 5.47. The molecule has 0 aliphatic rings. The lowest BCUT2D eigenvalue weighted by Gasteiger charge is -1.93. The minimum atomic E-state index is -0.873. The van der Waals surface area contributed by atoms with E-state index in [4.69, 9.17) is 21.8 Å². The number of fused-ring (bicyclic) bond motifs is 1. The summed E-state index contributed by atoms with van der Waals surface area (Å²) in [7, 11) is 0. The van der Waals surface area contributed by atoms with Crippen LogP contribution in [0, 0.1) is 0 Å². The molecule has 4 nitrogen and oxygen atoms in total. The van der Waals surface area contributed by atoms with Gasteiger partial charge in [-0.15, -0.1) is 0 Å². The number of ketones is 1. The van der Waals surface area contributed by atoms with Crippen molar-refractivity contribution in [2.45, 2.75) is 19.9 Å². The Bertz CT molecular complexity index is 548. The summed E-state index contributed by atoms with van der Waals surface area (Å²) in [6, 6.07) is 7.90. The number of rotatable bonds is 3. The highest BCUT2D eigenvalue weighted by atomic mass is 35.5. The highest BCUT2D eigenvalue weighted by Gasteiger charge is 2.04. The van der Waals surface area contributed by atoms with E-state index in [0.29, 0.717) is 6.54 Å². The average Bonchev–Trinajstić information content (AvgIpc) is 2.85. The number of hydrogen-bond donors (Lipinski definition) is 1. The van der Waals surface area contributed by atoms with Gasteiger partial charge < -0.3 is 10.2 Å². The second-order valence-corrected chi connectivity index (χ2v) is 3.89. The summed E-state index contributed by atoms with van der Waals surface area (Å²) in [6.07, 6.45) is 1.88.